The van der Waals surface area contributed by atoms with Crippen molar-refractivity contribution in [3.63, 3.8) is 0 Å². The first-order chi connectivity index (χ1) is 11.5. The second-order valence-corrected chi connectivity index (χ2v) is 5.39. The average molecular weight is 351 g/mol. The van der Waals surface area contributed by atoms with Gasteiger partial charge in [0.25, 0.3) is 0 Å². The Hall–Kier alpha value is -2.40. The topological polar surface area (TPSA) is 54.0 Å². The van der Waals surface area contributed by atoms with Crippen LogP contribution in [0, 0.1) is 6.92 Å². The lowest BCUT2D eigenvalue weighted by molar-refractivity contribution is 0.103. The summed E-state index contributed by atoms with van der Waals surface area (Å²) in [5.41, 5.74) is 1.30. The molecule has 5 nitrogen and oxygen atoms in total. The molecule has 0 aliphatic heterocycles. The van der Waals surface area contributed by atoms with E-state index in [1.54, 1.807) is 31.2 Å². The van der Waals surface area contributed by atoms with Crippen LogP contribution in [-0.4, -0.2) is 34.2 Å². The van der Waals surface area contributed by atoms with Crippen LogP contribution < -0.4 is 18.9 Å². The zero-order chi connectivity index (χ0) is 17.9. The van der Waals surface area contributed by atoms with Crippen molar-refractivity contribution in [2.24, 2.45) is 0 Å². The molecule has 6 heteroatoms. The fourth-order valence-corrected chi connectivity index (χ4v) is 2.83. The predicted molar refractivity (Wildman–Crippen MR) is 92.3 cm³/mol. The number of hydrogen-bond donors (Lipinski definition) is 0. The number of hydrogen-bond acceptors (Lipinski definition) is 5. The molecule has 0 bridgehead atoms. The van der Waals surface area contributed by atoms with E-state index in [2.05, 4.69) is 0 Å². The van der Waals surface area contributed by atoms with Crippen molar-refractivity contribution >= 4 is 17.4 Å². The maximum atomic E-state index is 13.2. The van der Waals surface area contributed by atoms with Crippen molar-refractivity contribution in [1.29, 1.82) is 0 Å². The quantitative estimate of drug-likeness (QED) is 0.739. The predicted octanol–water partition coefficient (Wildman–Crippen LogP) is 3.91. The van der Waals surface area contributed by atoms with E-state index >= 15 is 0 Å². The number of halogens is 1. The van der Waals surface area contributed by atoms with Crippen LogP contribution in [0.3, 0.4) is 0 Å². The highest BCUT2D eigenvalue weighted by atomic mass is 35.5. The van der Waals surface area contributed by atoms with Crippen LogP contribution in [0.5, 0.6) is 23.0 Å². The molecule has 0 spiro atoms. The van der Waals surface area contributed by atoms with Gasteiger partial charge in [0.2, 0.25) is 11.5 Å². The van der Waals surface area contributed by atoms with Gasteiger partial charge >= 0.3 is 0 Å². The molecule has 0 aliphatic carbocycles. The molecule has 0 heterocycles. The normalized spacial score (nSPS) is 10.2. The van der Waals surface area contributed by atoms with Gasteiger partial charge in [0.05, 0.1) is 44.6 Å². The highest BCUT2D eigenvalue weighted by Gasteiger charge is 2.27. The van der Waals surface area contributed by atoms with E-state index in [0.717, 1.165) is 0 Å². The van der Waals surface area contributed by atoms with E-state index in [9.17, 15) is 4.79 Å². The third kappa shape index (κ3) is 2.99. The first kappa shape index (κ1) is 17.9. The smallest absolute Gasteiger partial charge is 0.204 e. The minimum Gasteiger partial charge on any atom is -0.496 e. The molecular weight excluding hydrogens is 332 g/mol. The maximum absolute atomic E-state index is 13.2. The highest BCUT2D eigenvalue weighted by Crippen LogP contribution is 2.43. The van der Waals surface area contributed by atoms with Gasteiger partial charge in [-0.3, -0.25) is 4.79 Å². The summed E-state index contributed by atoms with van der Waals surface area (Å²) in [6, 6.07) is 6.76. The SMILES string of the molecule is COc1cc(C)c(C(=O)c2c(Cl)cccc2OC)c(OC)c1OC. The standard InChI is InChI=1S/C18H19ClO5/c1-10-9-13(22-3)17(23-4)18(24-5)14(10)16(20)15-11(19)7-6-8-12(15)21-2/h6-9H,1-5H3. The molecule has 0 saturated carbocycles. The lowest BCUT2D eigenvalue weighted by atomic mass is 9.96. The Morgan fingerprint density at radius 1 is 0.875 bits per heavy atom. The summed E-state index contributed by atoms with van der Waals surface area (Å²) in [4.78, 5) is 13.2. The van der Waals surface area contributed by atoms with Gasteiger partial charge in [-0.15, -0.1) is 0 Å². The fraction of sp³-hybridized carbons (Fsp3) is 0.278. The van der Waals surface area contributed by atoms with Crippen molar-refractivity contribution in [3.8, 4) is 23.0 Å². The summed E-state index contributed by atoms with van der Waals surface area (Å²) in [7, 11) is 5.97. The zero-order valence-electron chi connectivity index (χ0n) is 14.2. The fourth-order valence-electron chi connectivity index (χ4n) is 2.58. The number of rotatable bonds is 6. The molecule has 2 aromatic rings. The molecule has 128 valence electrons. The molecule has 0 saturated heterocycles. The van der Waals surface area contributed by atoms with Crippen LogP contribution in [0.1, 0.15) is 21.5 Å². The Morgan fingerprint density at radius 2 is 1.50 bits per heavy atom. The second-order valence-electron chi connectivity index (χ2n) is 4.98. The Balaban J connectivity index is 2.75. The minimum absolute atomic E-state index is 0.273. The number of methoxy groups -OCH3 is 4. The van der Waals surface area contributed by atoms with Crippen LogP contribution in [0.2, 0.25) is 5.02 Å². The van der Waals surface area contributed by atoms with Crippen LogP contribution >= 0.6 is 11.6 Å². The third-order valence-electron chi connectivity index (χ3n) is 3.68. The monoisotopic (exact) mass is 350 g/mol. The summed E-state index contributed by atoms with van der Waals surface area (Å²) in [6.07, 6.45) is 0. The minimum atomic E-state index is -0.312. The lowest BCUT2D eigenvalue weighted by Crippen LogP contribution is -2.10. The summed E-state index contributed by atoms with van der Waals surface area (Å²) < 4.78 is 21.4. The first-order valence-electron chi connectivity index (χ1n) is 7.16. The molecule has 0 fully saturated rings. The van der Waals surface area contributed by atoms with Gasteiger partial charge in [0.1, 0.15) is 5.75 Å². The highest BCUT2D eigenvalue weighted by molar-refractivity contribution is 6.35. The van der Waals surface area contributed by atoms with E-state index < -0.39 is 0 Å². The molecule has 2 aromatic carbocycles. The molecule has 24 heavy (non-hydrogen) atoms. The van der Waals surface area contributed by atoms with Crippen molar-refractivity contribution in [2.75, 3.05) is 28.4 Å². The van der Waals surface area contributed by atoms with Gasteiger partial charge in [-0.1, -0.05) is 17.7 Å². The van der Waals surface area contributed by atoms with Gasteiger partial charge in [-0.05, 0) is 30.7 Å². The van der Waals surface area contributed by atoms with Gasteiger partial charge in [0.15, 0.2) is 11.5 Å². The number of ether oxygens (including phenoxy) is 4. The van der Waals surface area contributed by atoms with E-state index in [1.807, 2.05) is 0 Å². The van der Waals surface area contributed by atoms with E-state index in [4.69, 9.17) is 30.5 Å². The zero-order valence-corrected chi connectivity index (χ0v) is 15.0. The summed E-state index contributed by atoms with van der Waals surface area (Å²) in [5.74, 6) is 1.20. The number of aryl methyl sites for hydroxylation is 1. The third-order valence-corrected chi connectivity index (χ3v) is 3.99. The largest absolute Gasteiger partial charge is 0.496 e. The lowest BCUT2D eigenvalue weighted by Gasteiger charge is -2.18. The molecule has 0 radical (unpaired) electrons. The van der Waals surface area contributed by atoms with Gasteiger partial charge in [0, 0.05) is 0 Å². The summed E-state index contributed by atoms with van der Waals surface area (Å²) in [6.45, 7) is 1.79. The van der Waals surface area contributed by atoms with Crippen molar-refractivity contribution in [1.82, 2.24) is 0 Å². The van der Waals surface area contributed by atoms with Crippen molar-refractivity contribution in [2.45, 2.75) is 6.92 Å². The van der Waals surface area contributed by atoms with Crippen LogP contribution in [-0.2, 0) is 0 Å². The molecular formula is C18H19ClO5. The van der Waals surface area contributed by atoms with Crippen LogP contribution in [0.25, 0.3) is 0 Å². The molecule has 0 N–H and O–H groups in total. The van der Waals surface area contributed by atoms with Crippen molar-refractivity contribution < 1.29 is 23.7 Å². The molecule has 0 aromatic heterocycles. The van der Waals surface area contributed by atoms with Crippen molar-refractivity contribution in [3.05, 3.63) is 46.0 Å². The molecule has 0 aliphatic rings. The first-order valence-corrected chi connectivity index (χ1v) is 7.54. The van der Waals surface area contributed by atoms with E-state index in [-0.39, 0.29) is 11.3 Å². The molecule has 2 rings (SSSR count). The number of carbonyl (C=O) groups excluding carboxylic acids is 1. The summed E-state index contributed by atoms with van der Waals surface area (Å²) in [5, 5.41) is 0.301. The van der Waals surface area contributed by atoms with Gasteiger partial charge in [-0.2, -0.15) is 0 Å². The maximum Gasteiger partial charge on any atom is 0.204 e. The molecule has 0 unspecified atom stereocenters. The summed E-state index contributed by atoms with van der Waals surface area (Å²) >= 11 is 6.24. The Bertz CT molecular complexity index is 770. The molecule has 0 atom stereocenters. The Morgan fingerprint density at radius 3 is 2.04 bits per heavy atom. The number of carbonyl (C=O) groups is 1. The van der Waals surface area contributed by atoms with E-state index in [1.165, 1.54) is 28.4 Å². The average Bonchev–Trinajstić information content (AvgIpc) is 2.59. The molecule has 0 amide bonds. The van der Waals surface area contributed by atoms with E-state index in [0.29, 0.717) is 39.1 Å². The number of ketones is 1. The van der Waals surface area contributed by atoms with Crippen LogP contribution in [0.15, 0.2) is 24.3 Å². The second kappa shape index (κ2) is 7.45. The van der Waals surface area contributed by atoms with Gasteiger partial charge in [-0.25, -0.2) is 0 Å². The number of benzene rings is 2. The Labute approximate surface area is 146 Å². The Kier molecular flexibility index (Phi) is 5.57. The van der Waals surface area contributed by atoms with Gasteiger partial charge < -0.3 is 18.9 Å². The van der Waals surface area contributed by atoms with Crippen LogP contribution in [0.4, 0.5) is 0 Å².